The van der Waals surface area contributed by atoms with Gasteiger partial charge in [-0.3, -0.25) is 4.68 Å². The first-order valence-electron chi connectivity index (χ1n) is 5.95. The third kappa shape index (κ3) is 3.57. The number of aryl methyl sites for hydroxylation is 1. The normalized spacial score (nSPS) is 12.6. The first-order chi connectivity index (χ1) is 8.67. The summed E-state index contributed by atoms with van der Waals surface area (Å²) in [5.74, 6) is 0.672. The zero-order valence-corrected chi connectivity index (χ0v) is 11.1. The number of hydrogen-bond acceptors (Lipinski definition) is 1. The van der Waals surface area contributed by atoms with Gasteiger partial charge in [0, 0.05) is 19.1 Å². The van der Waals surface area contributed by atoms with Gasteiger partial charge in [-0.2, -0.15) is 5.10 Å². The lowest BCUT2D eigenvalue weighted by Gasteiger charge is -2.12. The second-order valence-electron chi connectivity index (χ2n) is 4.58. The third-order valence-corrected chi connectivity index (χ3v) is 3.35. The van der Waals surface area contributed by atoms with Crippen molar-refractivity contribution >= 4 is 11.6 Å². The van der Waals surface area contributed by atoms with Crippen molar-refractivity contribution in [1.82, 2.24) is 9.78 Å². The van der Waals surface area contributed by atoms with Gasteiger partial charge in [0.15, 0.2) is 0 Å². The molecule has 0 N–H and O–H groups in total. The summed E-state index contributed by atoms with van der Waals surface area (Å²) >= 11 is 5.99. The molecule has 0 aliphatic carbocycles. The molecule has 18 heavy (non-hydrogen) atoms. The van der Waals surface area contributed by atoms with E-state index in [-0.39, 0.29) is 5.82 Å². The minimum Gasteiger partial charge on any atom is -0.276 e. The summed E-state index contributed by atoms with van der Waals surface area (Å²) in [6.07, 6.45) is 5.50. The smallest absolute Gasteiger partial charge is 0.123 e. The minimum absolute atomic E-state index is 0.192. The topological polar surface area (TPSA) is 17.8 Å². The molecule has 0 bridgehead atoms. The molecule has 4 heteroatoms. The van der Waals surface area contributed by atoms with E-state index in [4.69, 9.17) is 11.6 Å². The van der Waals surface area contributed by atoms with Crippen LogP contribution in [0.3, 0.4) is 0 Å². The molecule has 1 aromatic heterocycles. The summed E-state index contributed by atoms with van der Waals surface area (Å²) in [4.78, 5) is 0. The summed E-state index contributed by atoms with van der Waals surface area (Å²) < 4.78 is 14.9. The van der Waals surface area contributed by atoms with Crippen LogP contribution in [-0.2, 0) is 19.9 Å². The van der Waals surface area contributed by atoms with Crippen LogP contribution in [0.1, 0.15) is 11.1 Å². The largest absolute Gasteiger partial charge is 0.276 e. The molecule has 2 rings (SSSR count). The summed E-state index contributed by atoms with van der Waals surface area (Å²) in [6, 6.07) is 6.70. The highest BCUT2D eigenvalue weighted by Gasteiger charge is 2.11. The molecule has 0 saturated carbocycles. The van der Waals surface area contributed by atoms with Gasteiger partial charge in [-0.25, -0.2) is 4.39 Å². The van der Waals surface area contributed by atoms with E-state index >= 15 is 0 Å². The van der Waals surface area contributed by atoms with E-state index in [1.807, 2.05) is 25.5 Å². The van der Waals surface area contributed by atoms with Gasteiger partial charge in [0.2, 0.25) is 0 Å². The summed E-state index contributed by atoms with van der Waals surface area (Å²) in [7, 11) is 1.89. The molecule has 0 aliphatic heterocycles. The predicted molar refractivity (Wildman–Crippen MR) is 71.2 cm³/mol. The number of halogens is 2. The standard InChI is InChI=1S/C14H16ClFN2/c1-18-10-13(9-17-18)6-12(8-15)5-11-3-2-4-14(16)7-11/h2-4,7,9-10,12H,5-6,8H2,1H3. The molecule has 1 heterocycles. The summed E-state index contributed by atoms with van der Waals surface area (Å²) in [5, 5.41) is 4.14. The Hall–Kier alpha value is -1.35. The van der Waals surface area contributed by atoms with Crippen LogP contribution < -0.4 is 0 Å². The third-order valence-electron chi connectivity index (χ3n) is 2.91. The van der Waals surface area contributed by atoms with E-state index in [1.54, 1.807) is 16.8 Å². The van der Waals surface area contributed by atoms with Gasteiger partial charge in [-0.05, 0) is 42.0 Å². The molecule has 0 aliphatic rings. The average Bonchev–Trinajstić information content (AvgIpc) is 2.74. The van der Waals surface area contributed by atoms with E-state index in [0.717, 1.165) is 18.4 Å². The molecule has 0 radical (unpaired) electrons. The Bertz CT molecular complexity index is 510. The van der Waals surface area contributed by atoms with Gasteiger partial charge < -0.3 is 0 Å². The van der Waals surface area contributed by atoms with Crippen molar-refractivity contribution < 1.29 is 4.39 Å². The molecule has 0 saturated heterocycles. The molecule has 0 fully saturated rings. The monoisotopic (exact) mass is 266 g/mol. The second-order valence-corrected chi connectivity index (χ2v) is 4.89. The number of nitrogens with zero attached hydrogens (tertiary/aromatic N) is 2. The number of rotatable bonds is 5. The molecule has 2 nitrogen and oxygen atoms in total. The molecular formula is C14H16ClFN2. The van der Waals surface area contributed by atoms with Crippen molar-refractivity contribution in [3.8, 4) is 0 Å². The highest BCUT2D eigenvalue weighted by molar-refractivity contribution is 6.18. The van der Waals surface area contributed by atoms with E-state index in [9.17, 15) is 4.39 Å². The maximum Gasteiger partial charge on any atom is 0.123 e. The number of alkyl halides is 1. The Morgan fingerprint density at radius 3 is 2.72 bits per heavy atom. The van der Waals surface area contributed by atoms with Crippen LogP contribution in [-0.4, -0.2) is 15.7 Å². The van der Waals surface area contributed by atoms with Crippen LogP contribution in [0.2, 0.25) is 0 Å². The lowest BCUT2D eigenvalue weighted by atomic mass is 9.95. The van der Waals surface area contributed by atoms with Gasteiger partial charge in [-0.15, -0.1) is 11.6 Å². The Morgan fingerprint density at radius 1 is 1.33 bits per heavy atom. The van der Waals surface area contributed by atoms with Crippen molar-refractivity contribution in [1.29, 1.82) is 0 Å². The minimum atomic E-state index is -0.192. The zero-order valence-electron chi connectivity index (χ0n) is 10.3. The fourth-order valence-electron chi connectivity index (χ4n) is 2.09. The number of benzene rings is 1. The predicted octanol–water partition coefficient (Wildman–Crippen LogP) is 3.20. The van der Waals surface area contributed by atoms with Gasteiger partial charge in [0.05, 0.1) is 6.20 Å². The van der Waals surface area contributed by atoms with E-state index < -0.39 is 0 Å². The molecule has 2 aromatic rings. The molecule has 1 unspecified atom stereocenters. The van der Waals surface area contributed by atoms with Crippen LogP contribution in [0.5, 0.6) is 0 Å². The number of hydrogen-bond donors (Lipinski definition) is 0. The Balaban J connectivity index is 2.01. The van der Waals surface area contributed by atoms with E-state index in [2.05, 4.69) is 5.10 Å². The van der Waals surface area contributed by atoms with Crippen molar-refractivity contribution in [2.75, 3.05) is 5.88 Å². The van der Waals surface area contributed by atoms with Gasteiger partial charge >= 0.3 is 0 Å². The van der Waals surface area contributed by atoms with E-state index in [0.29, 0.717) is 11.8 Å². The second kappa shape index (κ2) is 6.01. The van der Waals surface area contributed by atoms with Crippen LogP contribution in [0.25, 0.3) is 0 Å². The first kappa shape index (κ1) is 13.1. The highest BCUT2D eigenvalue weighted by atomic mass is 35.5. The maximum atomic E-state index is 13.1. The lowest BCUT2D eigenvalue weighted by Crippen LogP contribution is -2.10. The van der Waals surface area contributed by atoms with Crippen molar-refractivity contribution in [3.05, 3.63) is 53.6 Å². The SMILES string of the molecule is Cn1cc(CC(CCl)Cc2cccc(F)c2)cn1. The Morgan fingerprint density at radius 2 is 2.11 bits per heavy atom. The summed E-state index contributed by atoms with van der Waals surface area (Å²) in [5.41, 5.74) is 2.16. The molecule has 96 valence electrons. The van der Waals surface area contributed by atoms with Crippen LogP contribution in [0, 0.1) is 11.7 Å². The zero-order chi connectivity index (χ0) is 13.0. The Labute approximate surface area is 111 Å². The molecule has 0 amide bonds. The van der Waals surface area contributed by atoms with Crippen LogP contribution in [0.4, 0.5) is 4.39 Å². The van der Waals surface area contributed by atoms with Gasteiger partial charge in [-0.1, -0.05) is 12.1 Å². The highest BCUT2D eigenvalue weighted by Crippen LogP contribution is 2.16. The van der Waals surface area contributed by atoms with Crippen molar-refractivity contribution in [2.24, 2.45) is 13.0 Å². The van der Waals surface area contributed by atoms with E-state index in [1.165, 1.54) is 11.6 Å². The number of aromatic nitrogens is 2. The quantitative estimate of drug-likeness (QED) is 0.760. The molecule has 0 spiro atoms. The maximum absolute atomic E-state index is 13.1. The lowest BCUT2D eigenvalue weighted by molar-refractivity contribution is 0.576. The fraction of sp³-hybridized carbons (Fsp3) is 0.357. The van der Waals surface area contributed by atoms with Crippen molar-refractivity contribution in [3.63, 3.8) is 0 Å². The summed E-state index contributed by atoms with van der Waals surface area (Å²) in [6.45, 7) is 0. The molecule has 1 aromatic carbocycles. The van der Waals surface area contributed by atoms with Crippen LogP contribution >= 0.6 is 11.6 Å². The molecule has 1 atom stereocenters. The molecular weight excluding hydrogens is 251 g/mol. The van der Waals surface area contributed by atoms with Gasteiger partial charge in [0.1, 0.15) is 5.82 Å². The average molecular weight is 267 g/mol. The van der Waals surface area contributed by atoms with Gasteiger partial charge in [0.25, 0.3) is 0 Å². The Kier molecular flexibility index (Phi) is 4.37. The van der Waals surface area contributed by atoms with Crippen LogP contribution in [0.15, 0.2) is 36.7 Å². The van der Waals surface area contributed by atoms with Crippen molar-refractivity contribution in [2.45, 2.75) is 12.8 Å². The first-order valence-corrected chi connectivity index (χ1v) is 6.48. The fourth-order valence-corrected chi connectivity index (χ4v) is 2.31.